The Bertz CT molecular complexity index is 881. The maximum atomic E-state index is 12.8. The second kappa shape index (κ2) is 12.9. The first-order valence-corrected chi connectivity index (χ1v) is 12.1. The number of Topliss-reactive ketones (excluding diaryl/α,β-unsaturated/α-hetero) is 1. The van der Waals surface area contributed by atoms with Crippen LogP contribution in [0.25, 0.3) is 0 Å². The largest absolute Gasteiger partial charge is 0.494 e. The quantitative estimate of drug-likeness (QED) is 0.240. The second-order valence-corrected chi connectivity index (χ2v) is 8.97. The molecule has 0 spiro atoms. The molecule has 0 radical (unpaired) electrons. The number of carbonyl (C=O) groups excluding carboxylic acids is 3. The van der Waals surface area contributed by atoms with Crippen LogP contribution in [0.5, 0.6) is 5.75 Å². The van der Waals surface area contributed by atoms with Crippen molar-refractivity contribution >= 4 is 23.8 Å². The van der Waals surface area contributed by atoms with Gasteiger partial charge in [0, 0.05) is 50.7 Å². The van der Waals surface area contributed by atoms with E-state index in [9.17, 15) is 19.2 Å². The predicted octanol–water partition coefficient (Wildman–Crippen LogP) is 1.28. The first-order valence-electron chi connectivity index (χ1n) is 12.1. The molecule has 1 unspecified atom stereocenters. The summed E-state index contributed by atoms with van der Waals surface area (Å²) in [6.45, 7) is 4.11. The van der Waals surface area contributed by atoms with Crippen molar-refractivity contribution in [1.29, 1.82) is 0 Å². The summed E-state index contributed by atoms with van der Waals surface area (Å²) in [5.74, 6) is 0.926. The molecule has 1 heterocycles. The molecule has 11 heteroatoms. The summed E-state index contributed by atoms with van der Waals surface area (Å²) in [4.78, 5) is 50.7. The summed E-state index contributed by atoms with van der Waals surface area (Å²) in [5, 5.41) is 13.8. The van der Waals surface area contributed by atoms with E-state index in [1.54, 1.807) is 4.90 Å². The number of urea groups is 1. The molecule has 1 atom stereocenters. The average molecular weight is 490 g/mol. The van der Waals surface area contributed by atoms with Crippen molar-refractivity contribution in [3.8, 4) is 5.75 Å². The van der Waals surface area contributed by atoms with Crippen LogP contribution in [-0.2, 0) is 4.79 Å². The van der Waals surface area contributed by atoms with Gasteiger partial charge < -0.3 is 31.1 Å². The Morgan fingerprint density at radius 2 is 1.74 bits per heavy atom. The molecule has 1 aromatic carbocycles. The molecule has 2 fully saturated rings. The fourth-order valence-corrected chi connectivity index (χ4v) is 4.11. The van der Waals surface area contributed by atoms with Crippen molar-refractivity contribution in [3.05, 3.63) is 29.8 Å². The SMILES string of the molecule is NC(=O)NCCCC(NC(=O)O)C(=O)N1CCN(CCCOc2ccc(C(=O)C3CC3)cc2)CC1. The summed E-state index contributed by atoms with van der Waals surface area (Å²) in [5.41, 5.74) is 5.77. The van der Waals surface area contributed by atoms with Gasteiger partial charge in [0.2, 0.25) is 5.91 Å². The van der Waals surface area contributed by atoms with Crippen molar-refractivity contribution in [2.45, 2.75) is 38.1 Å². The number of piperazine rings is 1. The number of ketones is 1. The molecule has 3 rings (SSSR count). The fourth-order valence-electron chi connectivity index (χ4n) is 4.11. The molecule has 11 nitrogen and oxygen atoms in total. The minimum atomic E-state index is -1.26. The van der Waals surface area contributed by atoms with Crippen molar-refractivity contribution in [2.75, 3.05) is 45.9 Å². The van der Waals surface area contributed by atoms with Gasteiger partial charge in [-0.05, 0) is 56.4 Å². The molecule has 1 aliphatic heterocycles. The number of carbonyl (C=O) groups is 4. The summed E-state index contributed by atoms with van der Waals surface area (Å²) >= 11 is 0. The van der Waals surface area contributed by atoms with Gasteiger partial charge in [-0.1, -0.05) is 0 Å². The lowest BCUT2D eigenvalue weighted by Gasteiger charge is -2.36. The van der Waals surface area contributed by atoms with Gasteiger partial charge >= 0.3 is 12.1 Å². The summed E-state index contributed by atoms with van der Waals surface area (Å²) in [6.07, 6.45) is 2.27. The van der Waals surface area contributed by atoms with Crippen LogP contribution in [0.2, 0.25) is 0 Å². The number of nitrogens with one attached hydrogen (secondary N) is 2. The molecule has 4 amide bonds. The molecule has 1 aliphatic carbocycles. The molecular weight excluding hydrogens is 454 g/mol. The molecule has 0 aromatic heterocycles. The van der Waals surface area contributed by atoms with Gasteiger partial charge in [-0.25, -0.2) is 9.59 Å². The van der Waals surface area contributed by atoms with Crippen LogP contribution in [0.4, 0.5) is 9.59 Å². The van der Waals surface area contributed by atoms with E-state index in [-0.39, 0.29) is 30.6 Å². The lowest BCUT2D eigenvalue weighted by atomic mass is 10.1. The second-order valence-electron chi connectivity index (χ2n) is 8.97. The zero-order chi connectivity index (χ0) is 25.2. The highest BCUT2D eigenvalue weighted by molar-refractivity contribution is 5.99. The standard InChI is InChI=1S/C24H35N5O6/c25-23(32)26-10-1-3-20(27-24(33)34)22(31)29-14-12-28(13-15-29)11-2-16-35-19-8-6-18(7-9-19)21(30)17-4-5-17/h6-9,17,20,27H,1-5,10-16H2,(H,33,34)(H3,25,26,32). The highest BCUT2D eigenvalue weighted by Crippen LogP contribution is 2.32. The fraction of sp³-hybridized carbons (Fsp3) is 0.583. The lowest BCUT2D eigenvalue weighted by Crippen LogP contribution is -2.55. The van der Waals surface area contributed by atoms with Crippen LogP contribution >= 0.6 is 0 Å². The highest BCUT2D eigenvalue weighted by atomic mass is 16.5. The lowest BCUT2D eigenvalue weighted by molar-refractivity contribution is -0.135. The van der Waals surface area contributed by atoms with E-state index in [0.29, 0.717) is 39.2 Å². The highest BCUT2D eigenvalue weighted by Gasteiger charge is 2.30. The molecule has 192 valence electrons. The van der Waals surface area contributed by atoms with E-state index in [1.807, 2.05) is 24.3 Å². The van der Waals surface area contributed by atoms with E-state index >= 15 is 0 Å². The Labute approximate surface area is 205 Å². The van der Waals surface area contributed by atoms with E-state index in [1.165, 1.54) is 0 Å². The summed E-state index contributed by atoms with van der Waals surface area (Å²) < 4.78 is 5.80. The molecule has 0 bridgehead atoms. The van der Waals surface area contributed by atoms with Gasteiger partial charge in [-0.3, -0.25) is 14.5 Å². The predicted molar refractivity (Wildman–Crippen MR) is 128 cm³/mol. The van der Waals surface area contributed by atoms with Crippen molar-refractivity contribution in [2.24, 2.45) is 11.7 Å². The smallest absolute Gasteiger partial charge is 0.405 e. The van der Waals surface area contributed by atoms with Crippen LogP contribution < -0.4 is 21.1 Å². The number of hydrogen-bond donors (Lipinski definition) is 4. The first-order chi connectivity index (χ1) is 16.8. The monoisotopic (exact) mass is 489 g/mol. The van der Waals surface area contributed by atoms with Crippen molar-refractivity contribution in [3.63, 3.8) is 0 Å². The van der Waals surface area contributed by atoms with Gasteiger partial charge in [0.25, 0.3) is 0 Å². The molecule has 5 N–H and O–H groups in total. The van der Waals surface area contributed by atoms with E-state index in [4.69, 9.17) is 15.6 Å². The molecule has 1 saturated heterocycles. The molecule has 2 aliphatic rings. The normalized spacial score (nSPS) is 16.9. The maximum absolute atomic E-state index is 12.8. The maximum Gasteiger partial charge on any atom is 0.405 e. The molecule has 35 heavy (non-hydrogen) atoms. The minimum Gasteiger partial charge on any atom is -0.494 e. The zero-order valence-corrected chi connectivity index (χ0v) is 19.9. The third-order valence-electron chi connectivity index (χ3n) is 6.22. The molecular formula is C24H35N5O6. The van der Waals surface area contributed by atoms with Crippen LogP contribution in [0.3, 0.4) is 0 Å². The Morgan fingerprint density at radius 3 is 2.34 bits per heavy atom. The van der Waals surface area contributed by atoms with Crippen molar-refractivity contribution in [1.82, 2.24) is 20.4 Å². The number of ether oxygens (including phenoxy) is 1. The van der Waals surface area contributed by atoms with Gasteiger partial charge in [0.05, 0.1) is 6.61 Å². The topological polar surface area (TPSA) is 154 Å². The van der Waals surface area contributed by atoms with Gasteiger partial charge in [0.15, 0.2) is 5.78 Å². The Kier molecular flexibility index (Phi) is 9.71. The van der Waals surface area contributed by atoms with Crippen LogP contribution in [0.15, 0.2) is 24.3 Å². The van der Waals surface area contributed by atoms with E-state index < -0.39 is 18.2 Å². The van der Waals surface area contributed by atoms with Gasteiger partial charge in [0.1, 0.15) is 11.8 Å². The van der Waals surface area contributed by atoms with Gasteiger partial charge in [-0.2, -0.15) is 0 Å². The van der Waals surface area contributed by atoms with Crippen LogP contribution in [-0.4, -0.2) is 90.6 Å². The van der Waals surface area contributed by atoms with E-state index in [0.717, 1.165) is 37.1 Å². The number of amides is 4. The first kappa shape index (κ1) is 26.3. The number of carboxylic acid groups (broad SMARTS) is 1. The number of nitrogens with zero attached hydrogens (tertiary/aromatic N) is 2. The number of primary amides is 1. The Morgan fingerprint density at radius 1 is 1.06 bits per heavy atom. The van der Waals surface area contributed by atoms with Crippen LogP contribution in [0.1, 0.15) is 42.5 Å². The molecule has 1 saturated carbocycles. The third kappa shape index (κ3) is 8.75. The van der Waals surface area contributed by atoms with Crippen LogP contribution in [0, 0.1) is 5.92 Å². The zero-order valence-electron chi connectivity index (χ0n) is 19.9. The Hall–Kier alpha value is -3.34. The third-order valence-corrected chi connectivity index (χ3v) is 6.22. The average Bonchev–Trinajstić information content (AvgIpc) is 3.69. The molecule has 1 aromatic rings. The number of rotatable bonds is 13. The number of hydrogen-bond acceptors (Lipinski definition) is 6. The summed E-state index contributed by atoms with van der Waals surface area (Å²) in [6, 6.07) is 5.82. The van der Waals surface area contributed by atoms with E-state index in [2.05, 4.69) is 15.5 Å². The number of nitrogens with two attached hydrogens (primary N) is 1. The number of benzene rings is 1. The Balaban J connectivity index is 1.33. The summed E-state index contributed by atoms with van der Waals surface area (Å²) in [7, 11) is 0. The van der Waals surface area contributed by atoms with Crippen molar-refractivity contribution < 1.29 is 29.0 Å². The van der Waals surface area contributed by atoms with Gasteiger partial charge in [-0.15, -0.1) is 0 Å². The minimum absolute atomic E-state index is 0.211.